The van der Waals surface area contributed by atoms with E-state index in [0.717, 1.165) is 42.1 Å². The molecule has 10 rings (SSSR count). The van der Waals surface area contributed by atoms with Crippen molar-refractivity contribution in [2.45, 2.75) is 52.4 Å². The molecule has 0 N–H and O–H groups in total. The van der Waals surface area contributed by atoms with Gasteiger partial charge in [-0.05, 0) is 114 Å². The van der Waals surface area contributed by atoms with Gasteiger partial charge in [0.15, 0.2) is 0 Å². The minimum absolute atomic E-state index is 0.344. The zero-order valence-electron chi connectivity index (χ0n) is 29.4. The summed E-state index contributed by atoms with van der Waals surface area (Å²) >= 11 is 2.83. The number of hydrogen-bond acceptors (Lipinski definition) is 6. The van der Waals surface area contributed by atoms with Gasteiger partial charge in [-0.25, -0.2) is 9.13 Å². The summed E-state index contributed by atoms with van der Waals surface area (Å²) in [5.74, 6) is 0. The van der Waals surface area contributed by atoms with Crippen LogP contribution >= 0.6 is 22.7 Å². The fraction of sp³-hybridized carbons (Fsp3) is 0.182. The van der Waals surface area contributed by atoms with Crippen molar-refractivity contribution in [3.05, 3.63) is 137 Å². The maximum Gasteiger partial charge on any atom is 0.267 e. The minimum Gasteiger partial charge on any atom is -0.268 e. The Kier molecular flexibility index (Phi) is 6.09. The summed E-state index contributed by atoms with van der Waals surface area (Å²) in [6, 6.07) is 27.6. The van der Waals surface area contributed by atoms with E-state index in [1.807, 2.05) is 84.9 Å². The van der Waals surface area contributed by atoms with Gasteiger partial charge in [-0.1, -0.05) is 77.9 Å². The SMILES string of the molecule is CC(C)(C)c1cc2c3c(=O)n(-c4cc5ccccc5s4)c(=O)c3c3cc(C(C)(C)C)cc4c5c(=O)n(-c6cc7ccccc7s6)c(=O)c5c(c1)c2c34. The molecule has 4 heterocycles. The molecule has 8 heteroatoms. The molecular weight excluding hydrogens is 685 g/mol. The number of rotatable bonds is 2. The molecule has 0 bridgehead atoms. The van der Waals surface area contributed by atoms with Crippen molar-refractivity contribution in [2.24, 2.45) is 0 Å². The van der Waals surface area contributed by atoms with Gasteiger partial charge in [0.2, 0.25) is 0 Å². The summed E-state index contributed by atoms with van der Waals surface area (Å²) in [7, 11) is 0. The van der Waals surface area contributed by atoms with E-state index in [9.17, 15) is 19.2 Å². The molecule has 6 aromatic carbocycles. The number of aromatic nitrogens is 2. The second kappa shape index (κ2) is 10.1. The molecule has 0 atom stereocenters. The summed E-state index contributed by atoms with van der Waals surface area (Å²) in [5.41, 5.74) is -0.475. The van der Waals surface area contributed by atoms with Crippen molar-refractivity contribution in [3.63, 3.8) is 0 Å². The predicted octanol–water partition coefficient (Wildman–Crippen LogP) is 9.81. The molecule has 0 saturated carbocycles. The third-order valence-corrected chi connectivity index (χ3v) is 13.0. The van der Waals surface area contributed by atoms with Crippen LogP contribution in [-0.2, 0) is 10.8 Å². The van der Waals surface area contributed by atoms with Crippen LogP contribution < -0.4 is 22.2 Å². The smallest absolute Gasteiger partial charge is 0.267 e. The van der Waals surface area contributed by atoms with Crippen molar-refractivity contribution in [3.8, 4) is 10.0 Å². The van der Waals surface area contributed by atoms with Gasteiger partial charge in [0.1, 0.15) is 10.0 Å². The van der Waals surface area contributed by atoms with E-state index in [2.05, 4.69) is 41.5 Å². The lowest BCUT2D eigenvalue weighted by molar-refractivity contribution is 0.591. The average molecular weight is 717 g/mol. The molecule has 4 aromatic heterocycles. The van der Waals surface area contributed by atoms with Crippen molar-refractivity contribution < 1.29 is 0 Å². The van der Waals surface area contributed by atoms with Gasteiger partial charge in [-0.2, -0.15) is 0 Å². The van der Waals surface area contributed by atoms with Gasteiger partial charge in [-0.15, -0.1) is 22.7 Å². The molecule has 0 fully saturated rings. The molecule has 0 spiro atoms. The highest BCUT2D eigenvalue weighted by Gasteiger charge is 2.31. The molecule has 0 aliphatic rings. The molecule has 0 radical (unpaired) electrons. The fourth-order valence-electron chi connectivity index (χ4n) is 8.09. The van der Waals surface area contributed by atoms with Crippen molar-refractivity contribution in [1.29, 1.82) is 0 Å². The minimum atomic E-state index is -0.381. The molecule has 0 aliphatic heterocycles. The van der Waals surface area contributed by atoms with E-state index in [1.165, 1.54) is 31.8 Å². The molecule has 10 aromatic rings. The lowest BCUT2D eigenvalue weighted by Crippen LogP contribution is -2.22. The second-order valence-electron chi connectivity index (χ2n) is 16.0. The first-order chi connectivity index (χ1) is 24.7. The van der Waals surface area contributed by atoms with E-state index < -0.39 is 0 Å². The van der Waals surface area contributed by atoms with Crippen LogP contribution in [0.25, 0.3) is 84.0 Å². The zero-order chi connectivity index (χ0) is 36.2. The van der Waals surface area contributed by atoms with Crippen LogP contribution in [0.3, 0.4) is 0 Å². The van der Waals surface area contributed by atoms with Gasteiger partial charge >= 0.3 is 0 Å². The van der Waals surface area contributed by atoms with Gasteiger partial charge in [-0.3, -0.25) is 19.2 Å². The zero-order valence-corrected chi connectivity index (χ0v) is 31.1. The topological polar surface area (TPSA) is 78.1 Å². The van der Waals surface area contributed by atoms with Gasteiger partial charge in [0.05, 0.1) is 21.5 Å². The summed E-state index contributed by atoms with van der Waals surface area (Å²) in [6.07, 6.45) is 0. The Bertz CT molecular complexity index is 2980. The Balaban J connectivity index is 1.49. The van der Waals surface area contributed by atoms with E-state index in [1.54, 1.807) is 0 Å². The molecule has 0 unspecified atom stereocenters. The van der Waals surface area contributed by atoms with Crippen molar-refractivity contribution >= 4 is 96.7 Å². The molecule has 6 nitrogen and oxygen atoms in total. The van der Waals surface area contributed by atoms with Crippen LogP contribution in [0.15, 0.2) is 104 Å². The molecule has 0 aliphatic carbocycles. The van der Waals surface area contributed by atoms with Crippen LogP contribution in [0.2, 0.25) is 0 Å². The van der Waals surface area contributed by atoms with Gasteiger partial charge in [0, 0.05) is 9.40 Å². The predicted molar refractivity (Wildman–Crippen MR) is 219 cm³/mol. The standard InChI is InChI=1S/C44H32N2O4S2/c1-43(2,3)23-17-25-33-26(18-23)36-38(42(50)46(40(36)48)32-16-22-12-8-10-14-30(22)52-32)28-20-24(44(4,5)6)19-27(34(28)33)37-35(25)39(47)45(41(37)49)31-15-21-11-7-9-13-29(21)51-31/h7-20H,1-6H3. The van der Waals surface area contributed by atoms with E-state index in [0.29, 0.717) is 53.1 Å². The number of benzene rings is 6. The molecule has 254 valence electrons. The van der Waals surface area contributed by atoms with Crippen LogP contribution in [-0.4, -0.2) is 9.13 Å². The summed E-state index contributed by atoms with van der Waals surface area (Å²) in [5, 5.41) is 8.40. The van der Waals surface area contributed by atoms with E-state index >= 15 is 0 Å². The third-order valence-electron chi connectivity index (χ3n) is 10.8. The van der Waals surface area contributed by atoms with Crippen LogP contribution in [0.5, 0.6) is 0 Å². The number of hydrogen-bond donors (Lipinski definition) is 0. The monoisotopic (exact) mass is 716 g/mol. The second-order valence-corrected chi connectivity index (χ2v) is 18.2. The number of thiophene rings is 2. The Morgan fingerprint density at radius 2 is 0.731 bits per heavy atom. The largest absolute Gasteiger partial charge is 0.268 e. The summed E-state index contributed by atoms with van der Waals surface area (Å²) < 4.78 is 4.60. The highest BCUT2D eigenvalue weighted by molar-refractivity contribution is 7.21. The lowest BCUT2D eigenvalue weighted by Gasteiger charge is -2.24. The average Bonchev–Trinajstić information content (AvgIpc) is 3.84. The van der Waals surface area contributed by atoms with Crippen molar-refractivity contribution in [1.82, 2.24) is 9.13 Å². The molecular formula is C44H32N2O4S2. The quantitative estimate of drug-likeness (QED) is 0.167. The Morgan fingerprint density at radius 1 is 0.423 bits per heavy atom. The third kappa shape index (κ3) is 4.05. The highest BCUT2D eigenvalue weighted by Crippen LogP contribution is 2.46. The van der Waals surface area contributed by atoms with E-state index in [-0.39, 0.29) is 33.1 Å². The van der Waals surface area contributed by atoms with Gasteiger partial charge in [0.25, 0.3) is 22.2 Å². The first-order valence-corrected chi connectivity index (χ1v) is 19.0. The maximum atomic E-state index is 14.8. The van der Waals surface area contributed by atoms with Gasteiger partial charge < -0.3 is 0 Å². The number of fused-ring (bicyclic) bond motifs is 8. The number of nitrogens with zero attached hydrogens (tertiary/aromatic N) is 2. The lowest BCUT2D eigenvalue weighted by atomic mass is 9.79. The Morgan fingerprint density at radius 3 is 1.02 bits per heavy atom. The molecule has 0 amide bonds. The maximum absolute atomic E-state index is 14.8. The normalized spacial score (nSPS) is 13.1. The first kappa shape index (κ1) is 31.3. The van der Waals surface area contributed by atoms with E-state index in [4.69, 9.17) is 0 Å². The highest BCUT2D eigenvalue weighted by atomic mass is 32.1. The first-order valence-electron chi connectivity index (χ1n) is 17.3. The fourth-order valence-corrected chi connectivity index (χ4v) is 10.2. The molecule has 52 heavy (non-hydrogen) atoms. The summed E-state index contributed by atoms with van der Waals surface area (Å²) in [4.78, 5) is 59.3. The van der Waals surface area contributed by atoms with Crippen LogP contribution in [0.4, 0.5) is 0 Å². The Hall–Kier alpha value is -5.44. The van der Waals surface area contributed by atoms with Crippen LogP contribution in [0, 0.1) is 0 Å². The van der Waals surface area contributed by atoms with Crippen LogP contribution in [0.1, 0.15) is 52.7 Å². The summed E-state index contributed by atoms with van der Waals surface area (Å²) in [6.45, 7) is 12.5. The Labute approximate surface area is 304 Å². The molecule has 0 saturated heterocycles. The van der Waals surface area contributed by atoms with Crippen molar-refractivity contribution in [2.75, 3.05) is 0 Å².